The molecule has 1 aromatic carbocycles. The van der Waals surface area contributed by atoms with Crippen LogP contribution in [0.5, 0.6) is 0 Å². The lowest BCUT2D eigenvalue weighted by Crippen LogP contribution is -2.31. The van der Waals surface area contributed by atoms with Crippen LogP contribution in [0.2, 0.25) is 0 Å². The maximum Gasteiger partial charge on any atom is 0.240 e. The number of carbonyl (C=O) groups is 1. The Morgan fingerprint density at radius 2 is 2.17 bits per heavy atom. The Kier molecular flexibility index (Phi) is 4.66. The molecule has 98 valence electrons. The summed E-state index contributed by atoms with van der Waals surface area (Å²) >= 11 is 0. The molecule has 1 aliphatic carbocycles. The van der Waals surface area contributed by atoms with Gasteiger partial charge in [-0.1, -0.05) is 18.9 Å². The molecule has 1 fully saturated rings. The molecule has 2 rings (SSSR count). The summed E-state index contributed by atoms with van der Waals surface area (Å²) in [6, 6.07) is 5.79. The number of amides is 1. The minimum atomic E-state index is -0.372. The van der Waals surface area contributed by atoms with Gasteiger partial charge >= 0.3 is 0 Å². The Hall–Kier alpha value is -1.46. The van der Waals surface area contributed by atoms with Crippen molar-refractivity contribution in [1.29, 1.82) is 0 Å². The molecule has 1 saturated carbocycles. The van der Waals surface area contributed by atoms with Gasteiger partial charge in [0, 0.05) is 5.69 Å². The lowest BCUT2D eigenvalue weighted by Gasteiger charge is -2.11. The number of hydrogen-bond donors (Lipinski definition) is 2. The minimum Gasteiger partial charge on any atom is -0.325 e. The van der Waals surface area contributed by atoms with E-state index < -0.39 is 0 Å². The van der Waals surface area contributed by atoms with E-state index in [1.165, 1.54) is 25.0 Å². The molecular formula is C13H17FN2O2. The van der Waals surface area contributed by atoms with Crippen molar-refractivity contribution >= 4 is 11.6 Å². The lowest BCUT2D eigenvalue weighted by atomic mass is 10.3. The molecular weight excluding hydrogens is 235 g/mol. The third-order valence-corrected chi connectivity index (χ3v) is 2.89. The minimum absolute atomic E-state index is 0.0625. The highest BCUT2D eigenvalue weighted by atomic mass is 19.1. The zero-order valence-electron chi connectivity index (χ0n) is 10.1. The van der Waals surface area contributed by atoms with Gasteiger partial charge in [0.2, 0.25) is 5.91 Å². The van der Waals surface area contributed by atoms with Crippen molar-refractivity contribution in [3.8, 4) is 0 Å². The van der Waals surface area contributed by atoms with Gasteiger partial charge in [0.15, 0.2) is 0 Å². The third-order valence-electron chi connectivity index (χ3n) is 2.89. The fourth-order valence-electron chi connectivity index (χ4n) is 2.00. The van der Waals surface area contributed by atoms with Gasteiger partial charge in [-0.05, 0) is 31.0 Å². The molecule has 2 N–H and O–H groups in total. The third kappa shape index (κ3) is 4.09. The maximum absolute atomic E-state index is 12.9. The number of anilines is 1. The van der Waals surface area contributed by atoms with E-state index in [4.69, 9.17) is 4.84 Å². The monoisotopic (exact) mass is 252 g/mol. The Balaban J connectivity index is 1.68. The van der Waals surface area contributed by atoms with Crippen molar-refractivity contribution in [3.05, 3.63) is 30.1 Å². The van der Waals surface area contributed by atoms with E-state index in [-0.39, 0.29) is 24.4 Å². The summed E-state index contributed by atoms with van der Waals surface area (Å²) in [5.41, 5.74) is 3.10. The normalized spacial score (nSPS) is 15.8. The molecule has 0 bridgehead atoms. The van der Waals surface area contributed by atoms with Crippen molar-refractivity contribution in [2.75, 3.05) is 11.9 Å². The van der Waals surface area contributed by atoms with Gasteiger partial charge in [-0.15, -0.1) is 0 Å². The first-order chi connectivity index (χ1) is 8.74. The number of hydroxylamine groups is 1. The predicted octanol–water partition coefficient (Wildman–Crippen LogP) is 2.23. The first-order valence-corrected chi connectivity index (χ1v) is 6.18. The van der Waals surface area contributed by atoms with Gasteiger partial charge in [-0.3, -0.25) is 9.63 Å². The molecule has 5 heteroatoms. The zero-order chi connectivity index (χ0) is 12.8. The van der Waals surface area contributed by atoms with E-state index in [1.54, 1.807) is 12.1 Å². The summed E-state index contributed by atoms with van der Waals surface area (Å²) < 4.78 is 12.9. The van der Waals surface area contributed by atoms with Crippen LogP contribution in [0.25, 0.3) is 0 Å². The van der Waals surface area contributed by atoms with Crippen LogP contribution in [-0.2, 0) is 9.63 Å². The first kappa shape index (κ1) is 13.0. The Labute approximate surface area is 105 Å². The Bertz CT molecular complexity index is 406. The molecule has 0 aliphatic heterocycles. The number of hydrogen-bond acceptors (Lipinski definition) is 3. The first-order valence-electron chi connectivity index (χ1n) is 6.18. The van der Waals surface area contributed by atoms with Crippen molar-refractivity contribution in [1.82, 2.24) is 5.48 Å². The van der Waals surface area contributed by atoms with Gasteiger partial charge in [-0.2, -0.15) is 5.48 Å². The summed E-state index contributed by atoms with van der Waals surface area (Å²) in [7, 11) is 0. The number of halogens is 1. The van der Waals surface area contributed by atoms with Gasteiger partial charge in [0.05, 0.1) is 6.10 Å². The fraction of sp³-hybridized carbons (Fsp3) is 0.462. The van der Waals surface area contributed by atoms with Gasteiger partial charge in [0.25, 0.3) is 0 Å². The molecule has 1 aliphatic rings. The molecule has 0 aromatic heterocycles. The molecule has 0 spiro atoms. The van der Waals surface area contributed by atoms with Crippen molar-refractivity contribution < 1.29 is 14.0 Å². The van der Waals surface area contributed by atoms with E-state index in [1.807, 2.05) is 0 Å². The van der Waals surface area contributed by atoms with E-state index >= 15 is 0 Å². The van der Waals surface area contributed by atoms with Gasteiger partial charge < -0.3 is 5.32 Å². The van der Waals surface area contributed by atoms with E-state index in [9.17, 15) is 9.18 Å². The van der Waals surface area contributed by atoms with Crippen molar-refractivity contribution in [3.63, 3.8) is 0 Å². The molecule has 1 amide bonds. The zero-order valence-corrected chi connectivity index (χ0v) is 10.1. The SMILES string of the molecule is O=C(CNOC1CCCC1)Nc1cccc(F)c1. The van der Waals surface area contributed by atoms with Crippen LogP contribution in [0.1, 0.15) is 25.7 Å². The molecule has 4 nitrogen and oxygen atoms in total. The number of carbonyl (C=O) groups excluding carboxylic acids is 1. The van der Waals surface area contributed by atoms with Crippen LogP contribution in [0.15, 0.2) is 24.3 Å². The van der Waals surface area contributed by atoms with Crippen LogP contribution >= 0.6 is 0 Å². The second kappa shape index (κ2) is 6.47. The highest BCUT2D eigenvalue weighted by Gasteiger charge is 2.15. The average molecular weight is 252 g/mol. The number of rotatable bonds is 5. The van der Waals surface area contributed by atoms with Crippen LogP contribution < -0.4 is 10.8 Å². The molecule has 0 unspecified atom stereocenters. The summed E-state index contributed by atoms with van der Waals surface area (Å²) in [6.07, 6.45) is 4.66. The molecule has 0 saturated heterocycles. The topological polar surface area (TPSA) is 50.4 Å². The number of nitrogens with one attached hydrogen (secondary N) is 2. The van der Waals surface area contributed by atoms with E-state index in [2.05, 4.69) is 10.8 Å². The largest absolute Gasteiger partial charge is 0.325 e. The quantitative estimate of drug-likeness (QED) is 0.790. The fourth-order valence-corrected chi connectivity index (χ4v) is 2.00. The highest BCUT2D eigenvalue weighted by Crippen LogP contribution is 2.19. The van der Waals surface area contributed by atoms with Crippen molar-refractivity contribution in [2.45, 2.75) is 31.8 Å². The molecule has 0 heterocycles. The molecule has 1 aromatic rings. The Morgan fingerprint density at radius 3 is 2.89 bits per heavy atom. The smallest absolute Gasteiger partial charge is 0.240 e. The standard InChI is InChI=1S/C13H17FN2O2/c14-10-4-3-5-11(8-10)16-13(17)9-15-18-12-6-1-2-7-12/h3-5,8,12,15H,1-2,6-7,9H2,(H,16,17). The van der Waals surface area contributed by atoms with Crippen LogP contribution in [0.4, 0.5) is 10.1 Å². The molecule has 0 atom stereocenters. The van der Waals surface area contributed by atoms with E-state index in [0.29, 0.717) is 5.69 Å². The second-order valence-electron chi connectivity index (χ2n) is 4.40. The maximum atomic E-state index is 12.9. The number of benzene rings is 1. The molecule has 0 radical (unpaired) electrons. The summed E-state index contributed by atoms with van der Waals surface area (Å²) in [5, 5.41) is 2.59. The second-order valence-corrected chi connectivity index (χ2v) is 4.40. The summed E-state index contributed by atoms with van der Waals surface area (Å²) in [6.45, 7) is 0.0625. The van der Waals surface area contributed by atoms with Gasteiger partial charge in [-0.25, -0.2) is 4.39 Å². The predicted molar refractivity (Wildman–Crippen MR) is 66.4 cm³/mol. The summed E-state index contributed by atoms with van der Waals surface area (Å²) in [4.78, 5) is 16.9. The molecule has 18 heavy (non-hydrogen) atoms. The van der Waals surface area contributed by atoms with Gasteiger partial charge in [0.1, 0.15) is 12.4 Å². The van der Waals surface area contributed by atoms with Crippen molar-refractivity contribution in [2.24, 2.45) is 0 Å². The lowest BCUT2D eigenvalue weighted by molar-refractivity contribution is -0.119. The highest BCUT2D eigenvalue weighted by molar-refractivity contribution is 5.92. The van der Waals surface area contributed by atoms with Crippen LogP contribution in [-0.4, -0.2) is 18.6 Å². The average Bonchev–Trinajstić information content (AvgIpc) is 2.82. The van der Waals surface area contributed by atoms with Crippen LogP contribution in [0.3, 0.4) is 0 Å². The summed E-state index contributed by atoms with van der Waals surface area (Å²) in [5.74, 6) is -0.624. The Morgan fingerprint density at radius 1 is 1.39 bits per heavy atom. The van der Waals surface area contributed by atoms with Crippen LogP contribution in [0, 0.1) is 5.82 Å². The van der Waals surface area contributed by atoms with E-state index in [0.717, 1.165) is 12.8 Å².